The van der Waals surface area contributed by atoms with Gasteiger partial charge in [0.15, 0.2) is 5.78 Å². The maximum absolute atomic E-state index is 13.4. The van der Waals surface area contributed by atoms with Gasteiger partial charge in [-0.25, -0.2) is 0 Å². The lowest BCUT2D eigenvalue weighted by Crippen LogP contribution is -2.32. The molecular formula is C26H27N3O2. The van der Waals surface area contributed by atoms with Gasteiger partial charge in [0.2, 0.25) is 0 Å². The fourth-order valence-electron chi connectivity index (χ4n) is 4.68. The number of hydrogen-bond acceptors (Lipinski definition) is 5. The van der Waals surface area contributed by atoms with Crippen molar-refractivity contribution in [2.75, 3.05) is 26.1 Å². The monoisotopic (exact) mass is 413 g/mol. The van der Waals surface area contributed by atoms with Crippen molar-refractivity contribution in [1.29, 1.82) is 5.26 Å². The molecule has 0 amide bonds. The van der Waals surface area contributed by atoms with Gasteiger partial charge >= 0.3 is 0 Å². The Morgan fingerprint density at radius 3 is 2.26 bits per heavy atom. The number of ketones is 1. The number of aliphatic imine (C=N–C) groups is 1. The molecule has 0 fully saturated rings. The Morgan fingerprint density at radius 2 is 1.68 bits per heavy atom. The topological polar surface area (TPSA) is 65.7 Å². The minimum atomic E-state index is -0.426. The summed E-state index contributed by atoms with van der Waals surface area (Å²) in [5.41, 5.74) is 5.54. The lowest BCUT2D eigenvalue weighted by molar-refractivity contribution is -0.116. The van der Waals surface area contributed by atoms with E-state index in [4.69, 9.17) is 9.73 Å². The van der Waals surface area contributed by atoms with Crippen LogP contribution in [-0.4, -0.2) is 32.7 Å². The molecule has 1 heterocycles. The van der Waals surface area contributed by atoms with Crippen LogP contribution in [0.3, 0.4) is 0 Å². The molecule has 3 unspecified atom stereocenters. The fraction of sp³-hybridized carbons (Fsp3) is 0.346. The van der Waals surface area contributed by atoms with Crippen molar-refractivity contribution in [2.45, 2.75) is 31.6 Å². The van der Waals surface area contributed by atoms with Crippen LogP contribution in [0.4, 0.5) is 5.69 Å². The average molecular weight is 414 g/mol. The van der Waals surface area contributed by atoms with Gasteiger partial charge < -0.3 is 9.64 Å². The Kier molecular flexibility index (Phi) is 5.65. The second-order valence-electron chi connectivity index (χ2n) is 8.49. The van der Waals surface area contributed by atoms with Crippen molar-refractivity contribution in [3.63, 3.8) is 0 Å². The smallest absolute Gasteiger partial charge is 0.161 e. The number of allylic oxidation sites excluding steroid dienone is 2. The van der Waals surface area contributed by atoms with Crippen LogP contribution in [0.2, 0.25) is 0 Å². The molecule has 0 saturated carbocycles. The summed E-state index contributed by atoms with van der Waals surface area (Å²) < 4.78 is 5.26. The van der Waals surface area contributed by atoms with Gasteiger partial charge in [-0.15, -0.1) is 0 Å². The molecule has 0 spiro atoms. The molecule has 2 aromatic carbocycles. The lowest BCUT2D eigenvalue weighted by Gasteiger charge is -2.35. The highest BCUT2D eigenvalue weighted by Gasteiger charge is 2.41. The van der Waals surface area contributed by atoms with Crippen LogP contribution in [0.25, 0.3) is 0 Å². The fourth-order valence-corrected chi connectivity index (χ4v) is 4.68. The van der Waals surface area contributed by atoms with Crippen LogP contribution >= 0.6 is 0 Å². The highest BCUT2D eigenvalue weighted by Crippen LogP contribution is 2.46. The van der Waals surface area contributed by atoms with E-state index in [9.17, 15) is 10.1 Å². The van der Waals surface area contributed by atoms with E-state index in [-0.39, 0.29) is 17.6 Å². The Labute approximate surface area is 183 Å². The van der Waals surface area contributed by atoms with Crippen molar-refractivity contribution in [3.8, 4) is 11.8 Å². The predicted octanol–water partition coefficient (Wildman–Crippen LogP) is 4.86. The first-order valence-electron chi connectivity index (χ1n) is 10.5. The number of carbonyl (C=O) groups is 1. The number of nitrogens with zero attached hydrogens (tertiary/aromatic N) is 3. The molecule has 5 heteroatoms. The van der Waals surface area contributed by atoms with E-state index in [0.29, 0.717) is 12.8 Å². The van der Waals surface area contributed by atoms with Crippen LogP contribution in [0, 0.1) is 17.2 Å². The molecule has 3 atom stereocenters. The first kappa shape index (κ1) is 20.9. The molecule has 5 nitrogen and oxygen atoms in total. The van der Waals surface area contributed by atoms with E-state index in [0.717, 1.165) is 39.5 Å². The van der Waals surface area contributed by atoms with Crippen LogP contribution < -0.4 is 9.64 Å². The van der Waals surface area contributed by atoms with Crippen molar-refractivity contribution in [2.24, 2.45) is 10.9 Å². The minimum absolute atomic E-state index is 0.0871. The van der Waals surface area contributed by atoms with Gasteiger partial charge in [0.25, 0.3) is 0 Å². The summed E-state index contributed by atoms with van der Waals surface area (Å²) in [6, 6.07) is 18.5. The third kappa shape index (κ3) is 3.86. The second kappa shape index (κ2) is 8.39. The van der Waals surface area contributed by atoms with Crippen LogP contribution in [0.15, 0.2) is 64.8 Å². The number of hydrogen-bond donors (Lipinski definition) is 0. The van der Waals surface area contributed by atoms with Crippen LogP contribution in [0.1, 0.15) is 42.7 Å². The second-order valence-corrected chi connectivity index (χ2v) is 8.49. The molecule has 4 rings (SSSR count). The first-order chi connectivity index (χ1) is 14.9. The maximum atomic E-state index is 13.4. The highest BCUT2D eigenvalue weighted by molar-refractivity contribution is 6.03. The number of methoxy groups -OCH3 is 1. The predicted molar refractivity (Wildman–Crippen MR) is 123 cm³/mol. The number of rotatable bonds is 4. The Balaban J connectivity index is 1.73. The summed E-state index contributed by atoms with van der Waals surface area (Å²) in [5.74, 6) is 0.295. The summed E-state index contributed by atoms with van der Waals surface area (Å²) in [7, 11) is 5.64. The molecule has 2 aliphatic rings. The number of anilines is 1. The van der Waals surface area contributed by atoms with Gasteiger partial charge in [-0.1, -0.05) is 24.3 Å². The van der Waals surface area contributed by atoms with Crippen molar-refractivity contribution < 1.29 is 9.53 Å². The molecule has 1 aliphatic carbocycles. The molecule has 2 aromatic rings. The largest absolute Gasteiger partial charge is 0.497 e. The van der Waals surface area contributed by atoms with E-state index in [2.05, 4.69) is 6.07 Å². The van der Waals surface area contributed by atoms with Gasteiger partial charge in [0.05, 0.1) is 19.1 Å². The molecule has 31 heavy (non-hydrogen) atoms. The molecule has 0 radical (unpaired) electrons. The van der Waals surface area contributed by atoms with Crippen molar-refractivity contribution >= 4 is 17.2 Å². The van der Waals surface area contributed by atoms with E-state index in [1.54, 1.807) is 7.11 Å². The number of benzene rings is 2. The molecule has 0 N–H and O–H groups in total. The van der Waals surface area contributed by atoms with Gasteiger partial charge in [0, 0.05) is 49.1 Å². The Morgan fingerprint density at radius 1 is 1.03 bits per heavy atom. The third-order valence-electron chi connectivity index (χ3n) is 6.38. The molecular weight excluding hydrogens is 386 g/mol. The van der Waals surface area contributed by atoms with Gasteiger partial charge in [-0.05, 0) is 54.7 Å². The number of carbonyl (C=O) groups excluding carboxylic acids is 1. The van der Waals surface area contributed by atoms with Crippen LogP contribution in [-0.2, 0) is 4.79 Å². The SMILES string of the molecule is COc1ccc(C2CC(=O)C3=C(C2)N=C(C)C(C#N)C3c2ccc(N(C)C)cc2)cc1. The summed E-state index contributed by atoms with van der Waals surface area (Å²) in [4.78, 5) is 20.2. The lowest BCUT2D eigenvalue weighted by atomic mass is 9.69. The third-order valence-corrected chi connectivity index (χ3v) is 6.38. The van der Waals surface area contributed by atoms with E-state index >= 15 is 0 Å². The summed E-state index contributed by atoms with van der Waals surface area (Å²) >= 11 is 0. The summed E-state index contributed by atoms with van der Waals surface area (Å²) in [6.45, 7) is 1.90. The zero-order chi connectivity index (χ0) is 22.1. The first-order valence-corrected chi connectivity index (χ1v) is 10.5. The molecule has 0 aromatic heterocycles. The maximum Gasteiger partial charge on any atom is 0.161 e. The zero-order valence-electron chi connectivity index (χ0n) is 18.4. The van der Waals surface area contributed by atoms with Gasteiger partial charge in [0.1, 0.15) is 5.75 Å². The van der Waals surface area contributed by atoms with Crippen LogP contribution in [0.5, 0.6) is 5.75 Å². The number of Topliss-reactive ketones (excluding diaryl/α,β-unsaturated/α-hetero) is 1. The van der Waals surface area contributed by atoms with Crippen molar-refractivity contribution in [1.82, 2.24) is 0 Å². The van der Waals surface area contributed by atoms with E-state index in [1.807, 2.05) is 74.4 Å². The molecule has 0 bridgehead atoms. The molecule has 158 valence electrons. The summed E-state index contributed by atoms with van der Waals surface area (Å²) in [5, 5.41) is 9.91. The van der Waals surface area contributed by atoms with Gasteiger partial charge in [-0.3, -0.25) is 9.79 Å². The zero-order valence-corrected chi connectivity index (χ0v) is 18.4. The Hall–Kier alpha value is -3.39. The van der Waals surface area contributed by atoms with E-state index in [1.165, 1.54) is 0 Å². The number of nitriles is 1. The number of ether oxygens (including phenoxy) is 1. The van der Waals surface area contributed by atoms with E-state index < -0.39 is 5.92 Å². The molecule has 0 saturated heterocycles. The average Bonchev–Trinajstić information content (AvgIpc) is 2.78. The van der Waals surface area contributed by atoms with Crippen molar-refractivity contribution in [3.05, 3.63) is 70.9 Å². The molecule has 1 aliphatic heterocycles. The minimum Gasteiger partial charge on any atom is -0.497 e. The van der Waals surface area contributed by atoms with Gasteiger partial charge in [-0.2, -0.15) is 5.26 Å². The quantitative estimate of drug-likeness (QED) is 0.718. The summed E-state index contributed by atoms with van der Waals surface area (Å²) in [6.07, 6.45) is 1.14. The normalized spacial score (nSPS) is 23.0. The Bertz CT molecular complexity index is 1090. The highest BCUT2D eigenvalue weighted by atomic mass is 16.5. The standard InChI is InChI=1S/C26H27N3O2/c1-16-22(15-27)25(18-5-9-20(10-6-18)29(2)3)26-23(28-16)13-19(14-24(26)30)17-7-11-21(31-4)12-8-17/h5-12,19,22,25H,13-14H2,1-4H3.